The summed E-state index contributed by atoms with van der Waals surface area (Å²) in [6, 6.07) is 14.8. The molecule has 28 heavy (non-hydrogen) atoms. The van der Waals surface area contributed by atoms with Gasteiger partial charge in [-0.25, -0.2) is 0 Å². The van der Waals surface area contributed by atoms with Crippen molar-refractivity contribution in [3.8, 4) is 11.1 Å². The van der Waals surface area contributed by atoms with Gasteiger partial charge >= 0.3 is 118 Å². The molecule has 148 valence electrons. The average molecular weight is 600 g/mol. The van der Waals surface area contributed by atoms with Crippen LogP contribution in [0.25, 0.3) is 11.1 Å². The van der Waals surface area contributed by atoms with Gasteiger partial charge in [0.1, 0.15) is 0 Å². The monoisotopic (exact) mass is 600 g/mol. The van der Waals surface area contributed by atoms with E-state index in [1.165, 1.54) is 19.8 Å². The number of hydrogen-bond acceptors (Lipinski definition) is 6. The Morgan fingerprint density at radius 3 is 1.50 bits per heavy atom. The topological polar surface area (TPSA) is 120 Å². The van der Waals surface area contributed by atoms with Crippen LogP contribution >= 0.6 is 11.6 Å². The van der Waals surface area contributed by atoms with Crippen molar-refractivity contribution < 1.29 is 29.7 Å². The molecular weight excluding hydrogens is 579 g/mol. The number of benzene rings is 2. The van der Waals surface area contributed by atoms with E-state index in [-0.39, 0.29) is 0 Å². The van der Waals surface area contributed by atoms with E-state index in [1.54, 1.807) is 0 Å². The summed E-state index contributed by atoms with van der Waals surface area (Å²) in [4.78, 5) is 26.7. The van der Waals surface area contributed by atoms with E-state index in [4.69, 9.17) is 41.3 Å². The molecule has 2 rings (SSSR count). The molecule has 6 nitrogen and oxygen atoms in total. The zero-order valence-electron chi connectivity index (χ0n) is 16.1. The van der Waals surface area contributed by atoms with Gasteiger partial charge in [0.25, 0.3) is 0 Å². The first kappa shape index (κ1) is 28.3. The van der Waals surface area contributed by atoms with Gasteiger partial charge in [-0.1, -0.05) is 0 Å². The van der Waals surface area contributed by atoms with E-state index in [9.17, 15) is 0 Å². The van der Waals surface area contributed by atoms with Crippen LogP contribution in [0.2, 0.25) is 5.02 Å². The number of carboxylic acids is 3. The molecule has 0 saturated carbocycles. The van der Waals surface area contributed by atoms with Crippen molar-refractivity contribution in [2.75, 3.05) is 0 Å². The number of aliphatic carboxylic acids is 3. The van der Waals surface area contributed by atoms with E-state index in [0.29, 0.717) is 0 Å². The fourth-order valence-corrected chi connectivity index (χ4v) is 3.45. The molecule has 0 bridgehead atoms. The van der Waals surface area contributed by atoms with Crippen molar-refractivity contribution in [2.45, 2.75) is 34.1 Å². The van der Waals surface area contributed by atoms with Gasteiger partial charge in [-0.3, -0.25) is 0 Å². The minimum atomic E-state index is -1.08. The van der Waals surface area contributed by atoms with Crippen LogP contribution in [0, 0.1) is 0 Å². The molecular formula is C20H21ClO6Pb. The van der Waals surface area contributed by atoms with E-state index >= 15 is 0 Å². The number of aryl methyl sites for hydroxylation is 1. The third kappa shape index (κ3) is 17.5. The van der Waals surface area contributed by atoms with Crippen molar-refractivity contribution in [3.05, 3.63) is 53.1 Å². The second kappa shape index (κ2) is 16.1. The predicted molar refractivity (Wildman–Crippen MR) is 104 cm³/mol. The number of carbonyl (C=O) groups is 3. The Hall–Kier alpha value is -1.94. The Kier molecular flexibility index (Phi) is 16.2. The summed E-state index contributed by atoms with van der Waals surface area (Å²) in [7, 11) is 0. The van der Waals surface area contributed by atoms with Crippen molar-refractivity contribution in [1.82, 2.24) is 0 Å². The first-order valence-electron chi connectivity index (χ1n) is 8.03. The van der Waals surface area contributed by atoms with Crippen LogP contribution in [0.4, 0.5) is 0 Å². The van der Waals surface area contributed by atoms with Gasteiger partial charge in [-0.05, 0) is 20.8 Å². The van der Waals surface area contributed by atoms with Gasteiger partial charge in [0, 0.05) is 17.9 Å². The normalized spacial score (nSPS) is 8.68. The summed E-state index contributed by atoms with van der Waals surface area (Å²) in [5.41, 5.74) is 4.01. The molecule has 0 radical (unpaired) electrons. The van der Waals surface area contributed by atoms with Crippen molar-refractivity contribution in [2.24, 2.45) is 0 Å². The number of halogens is 1. The average Bonchev–Trinajstić information content (AvgIpc) is 2.54. The van der Waals surface area contributed by atoms with Gasteiger partial charge < -0.3 is 29.7 Å². The third-order valence-corrected chi connectivity index (χ3v) is 4.73. The van der Waals surface area contributed by atoms with Crippen LogP contribution in [-0.4, -0.2) is 43.7 Å². The van der Waals surface area contributed by atoms with Crippen LogP contribution < -0.4 is 18.4 Å². The van der Waals surface area contributed by atoms with Gasteiger partial charge in [0.2, 0.25) is 0 Å². The van der Waals surface area contributed by atoms with Crippen LogP contribution in [-0.2, 0) is 20.8 Å². The second-order valence-electron chi connectivity index (χ2n) is 5.21. The molecule has 0 amide bonds. The van der Waals surface area contributed by atoms with Gasteiger partial charge in [0.05, 0.1) is 0 Å². The maximum absolute atomic E-state index is 8.89. The molecule has 2 aromatic rings. The minimum absolute atomic E-state index is 0.792. The molecule has 2 aromatic carbocycles. The molecule has 0 atom stereocenters. The summed E-state index contributed by atoms with van der Waals surface area (Å²) in [5.74, 6) is -3.25. The molecule has 8 heteroatoms. The second-order valence-corrected chi connectivity index (χ2v) is 7.74. The quantitative estimate of drug-likeness (QED) is 0.435. The van der Waals surface area contributed by atoms with Crippen LogP contribution in [0.15, 0.2) is 42.5 Å². The SMILES string of the molecule is CC(=O)[O-].CC(=O)[O-].CC(=O)[O-].CCc1ccc(-c2ccc(Cl)cc2)c[c]1[Pb+3]. The molecule has 0 unspecified atom stereocenters. The summed E-state index contributed by atoms with van der Waals surface area (Å²) in [6.45, 7) is 5.12. The Morgan fingerprint density at radius 2 is 1.18 bits per heavy atom. The van der Waals surface area contributed by atoms with E-state index in [1.807, 2.05) is 12.1 Å². The standard InChI is InChI=1S/C14H12Cl.3C2H4O2.Pb/c1-2-11-3-5-12(6-4-11)13-7-9-14(15)10-8-13;3*1-2(3)4;/h3,5-10H,2H2,1H3;3*1H3,(H,3,4);/q;;;;+3/p-3. The Morgan fingerprint density at radius 1 is 0.821 bits per heavy atom. The van der Waals surface area contributed by atoms with Crippen molar-refractivity contribution >= 4 is 58.4 Å². The molecule has 0 heterocycles. The van der Waals surface area contributed by atoms with Crippen molar-refractivity contribution in [1.29, 1.82) is 0 Å². The van der Waals surface area contributed by atoms with E-state index in [0.717, 1.165) is 58.0 Å². The summed E-state index contributed by atoms with van der Waals surface area (Å²) in [5, 5.41) is 27.5. The first-order chi connectivity index (χ1) is 12.9. The van der Waals surface area contributed by atoms with Crippen LogP contribution in [0.1, 0.15) is 33.3 Å². The Bertz CT molecular complexity index is 719. The molecule has 0 aliphatic heterocycles. The zero-order chi connectivity index (χ0) is 22.3. The molecule has 0 aliphatic carbocycles. The van der Waals surface area contributed by atoms with Gasteiger partial charge in [-0.15, -0.1) is 0 Å². The number of rotatable bonds is 2. The Balaban J connectivity index is 0. The number of hydrogen-bond donors (Lipinski definition) is 0. The Labute approximate surface area is 185 Å². The summed E-state index contributed by atoms with van der Waals surface area (Å²) >= 11 is 6.99. The molecule has 0 saturated heterocycles. The fourth-order valence-electron chi connectivity index (χ4n) is 1.71. The van der Waals surface area contributed by atoms with Gasteiger partial charge in [-0.2, -0.15) is 0 Å². The molecule has 0 N–H and O–H groups in total. The predicted octanol–water partition coefficient (Wildman–Crippen LogP) is -0.368. The molecule has 0 aliphatic rings. The van der Waals surface area contributed by atoms with E-state index in [2.05, 4.69) is 37.3 Å². The third-order valence-electron chi connectivity index (χ3n) is 2.67. The number of carbonyl (C=O) groups excluding carboxylic acids is 3. The van der Waals surface area contributed by atoms with Crippen molar-refractivity contribution in [3.63, 3.8) is 0 Å². The zero-order valence-corrected chi connectivity index (χ0v) is 20.7. The fraction of sp³-hybridized carbons (Fsp3) is 0.250. The van der Waals surface area contributed by atoms with Gasteiger partial charge in [0.15, 0.2) is 0 Å². The summed E-state index contributed by atoms with van der Waals surface area (Å²) in [6.07, 6.45) is 1.12. The molecule has 0 fully saturated rings. The van der Waals surface area contributed by atoms with Crippen LogP contribution in [0.5, 0.6) is 0 Å². The molecule has 0 spiro atoms. The molecule has 0 aromatic heterocycles. The number of carboxylic acid groups (broad SMARTS) is 3. The summed E-state index contributed by atoms with van der Waals surface area (Å²) < 4.78 is 1.50. The first-order valence-corrected chi connectivity index (χ1v) is 10.4. The van der Waals surface area contributed by atoms with Crippen LogP contribution in [0.3, 0.4) is 0 Å². The maximum atomic E-state index is 8.89. The van der Waals surface area contributed by atoms with E-state index < -0.39 is 17.9 Å².